The molecule has 1 N–H and O–H groups in total. The summed E-state index contributed by atoms with van der Waals surface area (Å²) in [6, 6.07) is 11.2. The van der Waals surface area contributed by atoms with Gasteiger partial charge in [0.1, 0.15) is 11.3 Å². The van der Waals surface area contributed by atoms with Crippen molar-refractivity contribution < 1.29 is 13.9 Å². The molecule has 26 heavy (non-hydrogen) atoms. The molecule has 0 bridgehead atoms. The Balaban J connectivity index is 1.43. The van der Waals surface area contributed by atoms with Crippen molar-refractivity contribution in [3.05, 3.63) is 53.5 Å². The molecule has 0 spiro atoms. The van der Waals surface area contributed by atoms with Gasteiger partial charge in [-0.1, -0.05) is 6.07 Å². The van der Waals surface area contributed by atoms with Gasteiger partial charge in [0, 0.05) is 24.8 Å². The number of hydrogen-bond donors (Lipinski definition) is 1. The molecule has 0 radical (unpaired) electrons. The molecule has 1 amide bonds. The van der Waals surface area contributed by atoms with Crippen LogP contribution in [-0.4, -0.2) is 42.2 Å². The van der Waals surface area contributed by atoms with Crippen molar-refractivity contribution in [1.29, 1.82) is 0 Å². The summed E-state index contributed by atoms with van der Waals surface area (Å²) >= 11 is 0. The van der Waals surface area contributed by atoms with E-state index in [1.54, 1.807) is 6.07 Å². The highest BCUT2D eigenvalue weighted by Crippen LogP contribution is 2.18. The van der Waals surface area contributed by atoms with E-state index in [0.717, 1.165) is 30.3 Å². The molecule has 0 saturated carbocycles. The Hall–Kier alpha value is -2.93. The van der Waals surface area contributed by atoms with Gasteiger partial charge >= 0.3 is 0 Å². The molecule has 1 fully saturated rings. The van der Waals surface area contributed by atoms with Crippen LogP contribution in [0.3, 0.4) is 0 Å². The lowest BCUT2D eigenvalue weighted by atomic mass is 10.3. The Morgan fingerprint density at radius 3 is 2.88 bits per heavy atom. The second-order valence-electron chi connectivity index (χ2n) is 6.22. The summed E-state index contributed by atoms with van der Waals surface area (Å²) in [5, 5.41) is 2.85. The molecule has 3 aromatic heterocycles. The SMILES string of the molecule is Cc1ccc2oc(C(=O)NCc3cccc(N4CCOCC4)n3)cc2n1. The zero-order valence-electron chi connectivity index (χ0n) is 14.6. The molecule has 1 aliphatic rings. The summed E-state index contributed by atoms with van der Waals surface area (Å²) < 4.78 is 10.9. The third-order valence-corrected chi connectivity index (χ3v) is 4.29. The van der Waals surface area contributed by atoms with Crippen molar-refractivity contribution >= 4 is 22.8 Å². The third kappa shape index (κ3) is 3.52. The third-order valence-electron chi connectivity index (χ3n) is 4.29. The number of morpholine rings is 1. The first-order chi connectivity index (χ1) is 12.7. The second kappa shape index (κ2) is 7.13. The van der Waals surface area contributed by atoms with Gasteiger partial charge in [0.15, 0.2) is 11.3 Å². The topological polar surface area (TPSA) is 80.5 Å². The van der Waals surface area contributed by atoms with E-state index in [0.29, 0.717) is 30.9 Å². The van der Waals surface area contributed by atoms with Gasteiger partial charge in [-0.05, 0) is 31.2 Å². The van der Waals surface area contributed by atoms with Crippen LogP contribution in [0.1, 0.15) is 21.9 Å². The van der Waals surface area contributed by atoms with Crippen LogP contribution in [0.5, 0.6) is 0 Å². The number of rotatable bonds is 4. The first-order valence-corrected chi connectivity index (χ1v) is 8.63. The van der Waals surface area contributed by atoms with Crippen molar-refractivity contribution in [3.8, 4) is 0 Å². The highest BCUT2D eigenvalue weighted by Gasteiger charge is 2.15. The molecule has 4 rings (SSSR count). The molecule has 0 aliphatic carbocycles. The maximum atomic E-state index is 12.4. The molecule has 4 heterocycles. The quantitative estimate of drug-likeness (QED) is 0.776. The summed E-state index contributed by atoms with van der Waals surface area (Å²) in [7, 11) is 0. The highest BCUT2D eigenvalue weighted by atomic mass is 16.5. The van der Waals surface area contributed by atoms with Gasteiger partial charge in [-0.2, -0.15) is 0 Å². The lowest BCUT2D eigenvalue weighted by molar-refractivity contribution is 0.0925. The average molecular weight is 352 g/mol. The zero-order valence-corrected chi connectivity index (χ0v) is 14.6. The van der Waals surface area contributed by atoms with E-state index < -0.39 is 0 Å². The maximum absolute atomic E-state index is 12.4. The van der Waals surface area contributed by atoms with Gasteiger partial charge in [0.05, 0.1) is 25.5 Å². The Bertz CT molecular complexity index is 931. The summed E-state index contributed by atoms with van der Waals surface area (Å²) in [5.41, 5.74) is 2.97. The van der Waals surface area contributed by atoms with Crippen LogP contribution in [0.4, 0.5) is 5.82 Å². The summed E-state index contributed by atoms with van der Waals surface area (Å²) in [5.74, 6) is 0.880. The predicted molar refractivity (Wildman–Crippen MR) is 97.2 cm³/mol. The van der Waals surface area contributed by atoms with E-state index in [1.807, 2.05) is 37.3 Å². The monoisotopic (exact) mass is 352 g/mol. The van der Waals surface area contributed by atoms with E-state index in [4.69, 9.17) is 9.15 Å². The molecule has 7 nitrogen and oxygen atoms in total. The van der Waals surface area contributed by atoms with E-state index in [2.05, 4.69) is 20.2 Å². The Morgan fingerprint density at radius 2 is 2.04 bits per heavy atom. The van der Waals surface area contributed by atoms with Crippen LogP contribution in [0.25, 0.3) is 11.1 Å². The highest BCUT2D eigenvalue weighted by molar-refractivity contribution is 5.95. The van der Waals surface area contributed by atoms with Crippen LogP contribution in [0.2, 0.25) is 0 Å². The second-order valence-corrected chi connectivity index (χ2v) is 6.22. The number of anilines is 1. The van der Waals surface area contributed by atoms with E-state index >= 15 is 0 Å². The number of hydrogen-bond acceptors (Lipinski definition) is 6. The van der Waals surface area contributed by atoms with Gasteiger partial charge in [-0.3, -0.25) is 4.79 Å². The largest absolute Gasteiger partial charge is 0.449 e. The van der Waals surface area contributed by atoms with Gasteiger partial charge < -0.3 is 19.4 Å². The normalized spacial score (nSPS) is 14.6. The smallest absolute Gasteiger partial charge is 0.287 e. The number of aromatic nitrogens is 2. The van der Waals surface area contributed by atoms with E-state index in [9.17, 15) is 4.79 Å². The van der Waals surface area contributed by atoms with Crippen molar-refractivity contribution in [3.63, 3.8) is 0 Å². The van der Waals surface area contributed by atoms with Crippen molar-refractivity contribution in [2.24, 2.45) is 0 Å². The average Bonchev–Trinajstić information content (AvgIpc) is 3.10. The first-order valence-electron chi connectivity index (χ1n) is 8.63. The number of aryl methyl sites for hydroxylation is 1. The molecule has 0 unspecified atom stereocenters. The number of pyridine rings is 2. The van der Waals surface area contributed by atoms with Gasteiger partial charge in [-0.25, -0.2) is 9.97 Å². The Kier molecular flexibility index (Phi) is 4.53. The summed E-state index contributed by atoms with van der Waals surface area (Å²) in [4.78, 5) is 23.5. The molecule has 0 aromatic carbocycles. The lowest BCUT2D eigenvalue weighted by Crippen LogP contribution is -2.37. The standard InChI is InChI=1S/C19H20N4O3/c1-13-5-6-16-15(21-13)11-17(26-16)19(24)20-12-14-3-2-4-18(22-14)23-7-9-25-10-8-23/h2-6,11H,7-10,12H2,1H3,(H,20,24). The van der Waals surface area contributed by atoms with E-state index in [1.165, 1.54) is 0 Å². The number of ether oxygens (including phenoxy) is 1. The van der Waals surface area contributed by atoms with Crippen LogP contribution >= 0.6 is 0 Å². The Labute approximate surface area is 151 Å². The fourth-order valence-corrected chi connectivity index (χ4v) is 2.93. The van der Waals surface area contributed by atoms with Gasteiger partial charge in [0.2, 0.25) is 0 Å². The number of carbonyl (C=O) groups excluding carboxylic acids is 1. The Morgan fingerprint density at radius 1 is 1.19 bits per heavy atom. The number of nitrogens with zero attached hydrogens (tertiary/aromatic N) is 3. The van der Waals surface area contributed by atoms with Crippen LogP contribution < -0.4 is 10.2 Å². The predicted octanol–water partition coefficient (Wildman–Crippen LogP) is 2.30. The summed E-state index contributed by atoms with van der Waals surface area (Å²) in [6.45, 7) is 5.31. The van der Waals surface area contributed by atoms with Crippen molar-refractivity contribution in [2.75, 3.05) is 31.2 Å². The number of furan rings is 1. The van der Waals surface area contributed by atoms with Crippen LogP contribution in [0, 0.1) is 6.92 Å². The minimum atomic E-state index is -0.278. The maximum Gasteiger partial charge on any atom is 0.287 e. The van der Waals surface area contributed by atoms with Gasteiger partial charge in [0.25, 0.3) is 5.91 Å². The molecular weight excluding hydrogens is 332 g/mol. The minimum absolute atomic E-state index is 0.252. The number of carbonyl (C=O) groups is 1. The lowest BCUT2D eigenvalue weighted by Gasteiger charge is -2.28. The molecule has 1 saturated heterocycles. The van der Waals surface area contributed by atoms with Crippen LogP contribution in [-0.2, 0) is 11.3 Å². The van der Waals surface area contributed by atoms with Crippen molar-refractivity contribution in [2.45, 2.75) is 13.5 Å². The molecule has 134 valence electrons. The zero-order chi connectivity index (χ0) is 17.9. The first kappa shape index (κ1) is 16.5. The minimum Gasteiger partial charge on any atom is -0.449 e. The van der Waals surface area contributed by atoms with Gasteiger partial charge in [-0.15, -0.1) is 0 Å². The molecule has 0 atom stereocenters. The summed E-state index contributed by atoms with van der Waals surface area (Å²) in [6.07, 6.45) is 0. The number of amides is 1. The number of nitrogens with one attached hydrogen (secondary N) is 1. The van der Waals surface area contributed by atoms with E-state index in [-0.39, 0.29) is 11.7 Å². The fraction of sp³-hybridized carbons (Fsp3) is 0.316. The number of fused-ring (bicyclic) bond motifs is 1. The molecule has 3 aromatic rings. The molecule has 7 heteroatoms. The molecular formula is C19H20N4O3. The fourth-order valence-electron chi connectivity index (χ4n) is 2.93. The molecule has 1 aliphatic heterocycles. The van der Waals surface area contributed by atoms with Crippen molar-refractivity contribution in [1.82, 2.24) is 15.3 Å². The van der Waals surface area contributed by atoms with Crippen LogP contribution in [0.15, 0.2) is 40.8 Å².